The SMILES string of the molecule is CCCCCCOC(=O)C(C(=O)c1c(OC)cccc1OC)c1ccccc1.O=[PH3]. The van der Waals surface area contributed by atoms with Gasteiger partial charge in [-0.25, -0.2) is 0 Å². The second kappa shape index (κ2) is 14.4. The topological polar surface area (TPSA) is 78.9 Å². The number of unbranched alkanes of at least 4 members (excludes halogenated alkanes) is 3. The number of Topliss-reactive ketones (excluding diaryl/α,β-unsaturated/α-hetero) is 1. The van der Waals surface area contributed by atoms with E-state index in [4.69, 9.17) is 18.8 Å². The van der Waals surface area contributed by atoms with E-state index < -0.39 is 17.7 Å². The zero-order valence-corrected chi connectivity index (χ0v) is 19.3. The van der Waals surface area contributed by atoms with Gasteiger partial charge in [0.1, 0.15) is 23.0 Å². The third-order valence-electron chi connectivity index (χ3n) is 4.55. The minimum atomic E-state index is -1.07. The van der Waals surface area contributed by atoms with Crippen molar-refractivity contribution < 1.29 is 28.4 Å². The van der Waals surface area contributed by atoms with Crippen LogP contribution in [0, 0.1) is 0 Å². The van der Waals surface area contributed by atoms with Crippen molar-refractivity contribution in [3.8, 4) is 11.5 Å². The van der Waals surface area contributed by atoms with Crippen LogP contribution >= 0.6 is 9.12 Å². The maximum absolute atomic E-state index is 13.4. The first-order valence-electron chi connectivity index (χ1n) is 9.89. The van der Waals surface area contributed by atoms with Gasteiger partial charge in [0.25, 0.3) is 0 Å². The zero-order valence-electron chi connectivity index (χ0n) is 17.9. The van der Waals surface area contributed by atoms with E-state index in [0.717, 1.165) is 25.7 Å². The summed E-state index contributed by atoms with van der Waals surface area (Å²) in [5.74, 6) is -1.31. The molecule has 0 spiro atoms. The maximum Gasteiger partial charge on any atom is 0.321 e. The predicted molar refractivity (Wildman–Crippen MR) is 120 cm³/mol. The summed E-state index contributed by atoms with van der Waals surface area (Å²) >= 11 is 0. The molecule has 0 fully saturated rings. The lowest BCUT2D eigenvalue weighted by Crippen LogP contribution is -2.25. The van der Waals surface area contributed by atoms with E-state index in [1.165, 1.54) is 14.2 Å². The average Bonchev–Trinajstić information content (AvgIpc) is 2.80. The van der Waals surface area contributed by atoms with Gasteiger partial charge in [-0.1, -0.05) is 62.6 Å². The summed E-state index contributed by atoms with van der Waals surface area (Å²) in [5, 5.41) is 0. The number of esters is 1. The fourth-order valence-corrected chi connectivity index (χ4v) is 3.06. The standard InChI is InChI=1S/C23H28O5.H3OP/c1-4-5-6-10-16-28-23(25)20(17-12-8-7-9-13-17)22(24)21-18(26-2)14-11-15-19(21)27-3;1-2/h7-9,11-15,20H,4-6,10,16H2,1-3H3;2H3. The third-order valence-corrected chi connectivity index (χ3v) is 4.55. The van der Waals surface area contributed by atoms with Crippen molar-refractivity contribution >= 4 is 20.9 Å². The molecule has 0 aromatic heterocycles. The number of ketones is 1. The molecule has 2 rings (SSSR count). The highest BCUT2D eigenvalue weighted by Crippen LogP contribution is 2.34. The van der Waals surface area contributed by atoms with E-state index in [9.17, 15) is 9.59 Å². The lowest BCUT2D eigenvalue weighted by Gasteiger charge is -2.19. The first-order chi connectivity index (χ1) is 14.6. The molecular formula is C23H31O6P. The van der Waals surface area contributed by atoms with Gasteiger partial charge in [-0.15, -0.1) is 0 Å². The number of carbonyl (C=O) groups excluding carboxylic acids is 2. The van der Waals surface area contributed by atoms with Crippen LogP contribution in [0.5, 0.6) is 11.5 Å². The molecule has 164 valence electrons. The van der Waals surface area contributed by atoms with Gasteiger partial charge in [0, 0.05) is 0 Å². The molecule has 0 radical (unpaired) electrons. The van der Waals surface area contributed by atoms with Crippen molar-refractivity contribution in [2.45, 2.75) is 38.5 Å². The molecule has 0 bridgehead atoms. The summed E-state index contributed by atoms with van der Waals surface area (Å²) in [6.07, 6.45) is 3.98. The number of ether oxygens (including phenoxy) is 3. The van der Waals surface area contributed by atoms with Crippen molar-refractivity contribution in [1.29, 1.82) is 0 Å². The monoisotopic (exact) mass is 434 g/mol. The molecule has 6 nitrogen and oxygen atoms in total. The molecule has 0 aliphatic rings. The van der Waals surface area contributed by atoms with Crippen molar-refractivity contribution in [3.05, 3.63) is 59.7 Å². The summed E-state index contributed by atoms with van der Waals surface area (Å²) < 4.78 is 24.4. The summed E-state index contributed by atoms with van der Waals surface area (Å²) in [4.78, 5) is 26.3. The van der Waals surface area contributed by atoms with E-state index in [2.05, 4.69) is 6.92 Å². The molecule has 0 saturated carbocycles. The number of hydrogen-bond acceptors (Lipinski definition) is 6. The Morgan fingerprint density at radius 3 is 2.00 bits per heavy atom. The third kappa shape index (κ3) is 7.03. The van der Waals surface area contributed by atoms with E-state index in [1.807, 2.05) is 6.07 Å². The molecule has 2 unspecified atom stereocenters. The molecular weight excluding hydrogens is 403 g/mol. The Morgan fingerprint density at radius 1 is 0.867 bits per heavy atom. The van der Waals surface area contributed by atoms with Crippen LogP contribution in [0.15, 0.2) is 48.5 Å². The van der Waals surface area contributed by atoms with Gasteiger partial charge < -0.3 is 18.8 Å². The van der Waals surface area contributed by atoms with Crippen molar-refractivity contribution in [3.63, 3.8) is 0 Å². The van der Waals surface area contributed by atoms with Gasteiger partial charge >= 0.3 is 5.97 Å². The van der Waals surface area contributed by atoms with E-state index in [1.54, 1.807) is 42.5 Å². The second-order valence-corrected chi connectivity index (χ2v) is 6.47. The summed E-state index contributed by atoms with van der Waals surface area (Å²) in [7, 11) is 3.57. The minimum absolute atomic E-state index is 0.240. The van der Waals surface area contributed by atoms with Gasteiger partial charge in [-0.2, -0.15) is 0 Å². The molecule has 0 heterocycles. The van der Waals surface area contributed by atoms with Gasteiger partial charge in [0.15, 0.2) is 5.78 Å². The van der Waals surface area contributed by atoms with Gasteiger partial charge in [-0.3, -0.25) is 9.59 Å². The molecule has 0 aliphatic carbocycles. The normalized spacial score (nSPS) is 11.0. The second-order valence-electron chi connectivity index (χ2n) is 6.47. The Hall–Kier alpha value is -2.59. The Morgan fingerprint density at radius 2 is 1.47 bits per heavy atom. The Kier molecular flexibility index (Phi) is 12.2. The summed E-state index contributed by atoms with van der Waals surface area (Å²) in [5.41, 5.74) is 0.823. The molecule has 30 heavy (non-hydrogen) atoms. The number of rotatable bonds is 11. The number of carbonyl (C=O) groups is 2. The molecule has 0 N–H and O–H groups in total. The van der Waals surface area contributed by atoms with E-state index in [0.29, 0.717) is 32.8 Å². The van der Waals surface area contributed by atoms with Crippen LogP contribution in [0.3, 0.4) is 0 Å². The van der Waals surface area contributed by atoms with Crippen LogP contribution in [0.1, 0.15) is 54.4 Å². The minimum Gasteiger partial charge on any atom is -0.496 e. The molecule has 0 amide bonds. The zero-order chi connectivity index (χ0) is 22.4. The Bertz CT molecular complexity index is 771. The van der Waals surface area contributed by atoms with Gasteiger partial charge in [0.2, 0.25) is 0 Å². The Labute approximate surface area is 180 Å². The molecule has 7 heteroatoms. The highest BCUT2D eigenvalue weighted by Gasteiger charge is 2.34. The fraction of sp³-hybridized carbons (Fsp3) is 0.391. The molecule has 2 aromatic carbocycles. The molecule has 0 aliphatic heterocycles. The van der Waals surface area contributed by atoms with Crippen LogP contribution in [0.4, 0.5) is 0 Å². The number of methoxy groups -OCH3 is 2. The van der Waals surface area contributed by atoms with Crippen LogP contribution in [0.2, 0.25) is 0 Å². The summed E-state index contributed by atoms with van der Waals surface area (Å²) in [6, 6.07) is 14.0. The maximum atomic E-state index is 13.4. The van der Waals surface area contributed by atoms with Crippen LogP contribution in [0.25, 0.3) is 0 Å². The highest BCUT2D eigenvalue weighted by atomic mass is 31.0. The molecule has 0 saturated heterocycles. The predicted octanol–water partition coefficient (Wildman–Crippen LogP) is 4.73. The van der Waals surface area contributed by atoms with Crippen molar-refractivity contribution in [1.82, 2.24) is 0 Å². The molecule has 2 aromatic rings. The van der Waals surface area contributed by atoms with Crippen molar-refractivity contribution in [2.75, 3.05) is 20.8 Å². The Balaban J connectivity index is 0.00000218. The van der Waals surface area contributed by atoms with Crippen LogP contribution < -0.4 is 9.47 Å². The molecule has 2 atom stereocenters. The quantitative estimate of drug-likeness (QED) is 0.167. The van der Waals surface area contributed by atoms with Crippen molar-refractivity contribution in [2.24, 2.45) is 0 Å². The largest absolute Gasteiger partial charge is 0.496 e. The van der Waals surface area contributed by atoms with Crippen LogP contribution in [-0.4, -0.2) is 32.6 Å². The van der Waals surface area contributed by atoms with Gasteiger partial charge in [-0.05, 0) is 24.1 Å². The van der Waals surface area contributed by atoms with Gasteiger partial charge in [0.05, 0.1) is 29.9 Å². The lowest BCUT2D eigenvalue weighted by molar-refractivity contribution is -0.144. The van der Waals surface area contributed by atoms with E-state index in [-0.39, 0.29) is 5.56 Å². The lowest BCUT2D eigenvalue weighted by atomic mass is 9.89. The van der Waals surface area contributed by atoms with Crippen LogP contribution in [-0.2, 0) is 14.1 Å². The smallest absolute Gasteiger partial charge is 0.321 e. The highest BCUT2D eigenvalue weighted by molar-refractivity contribution is 7.00. The number of benzene rings is 2. The number of hydrogen-bond donors (Lipinski definition) is 0. The van der Waals surface area contributed by atoms with E-state index >= 15 is 0 Å². The fourth-order valence-electron chi connectivity index (χ4n) is 3.06. The first kappa shape index (κ1) is 25.4. The first-order valence-corrected chi connectivity index (χ1v) is 10.5. The average molecular weight is 434 g/mol. The summed E-state index contributed by atoms with van der Waals surface area (Å²) in [6.45, 7) is 2.43.